The number of amides is 2. The highest BCUT2D eigenvalue weighted by Gasteiger charge is 2.47. The summed E-state index contributed by atoms with van der Waals surface area (Å²) in [6, 6.07) is 3.91. The van der Waals surface area contributed by atoms with Crippen LogP contribution < -0.4 is 5.32 Å². The molecule has 0 aliphatic carbocycles. The highest BCUT2D eigenvalue weighted by Crippen LogP contribution is 2.37. The zero-order valence-corrected chi connectivity index (χ0v) is 14.7. The molecule has 1 fully saturated rings. The SMILES string of the molecule is CN1C[C@H](c2cc(C(F)(F)F)n(C)n2)C(C(=O)Nc2cccc(F)c2F)C1=O. The number of aryl methyl sites for hydroxylation is 1. The summed E-state index contributed by atoms with van der Waals surface area (Å²) in [6.07, 6.45) is -4.66. The number of likely N-dealkylation sites (N-methyl/N-ethyl adjacent to an activating group) is 1. The Morgan fingerprint density at radius 1 is 1.25 bits per heavy atom. The molecular formula is C17H15F5N4O2. The number of likely N-dealkylation sites (tertiary alicyclic amines) is 1. The van der Waals surface area contributed by atoms with Gasteiger partial charge in [0.2, 0.25) is 11.8 Å². The van der Waals surface area contributed by atoms with Crippen molar-refractivity contribution in [1.29, 1.82) is 0 Å². The van der Waals surface area contributed by atoms with Gasteiger partial charge in [-0.05, 0) is 18.2 Å². The number of halogens is 5. The van der Waals surface area contributed by atoms with E-state index in [9.17, 15) is 31.5 Å². The van der Waals surface area contributed by atoms with Gasteiger partial charge in [0.25, 0.3) is 0 Å². The van der Waals surface area contributed by atoms with Gasteiger partial charge in [-0.1, -0.05) is 6.07 Å². The molecule has 0 saturated carbocycles. The van der Waals surface area contributed by atoms with E-state index in [4.69, 9.17) is 0 Å². The Bertz CT molecular complexity index is 940. The molecule has 1 aliphatic rings. The van der Waals surface area contributed by atoms with E-state index in [0.717, 1.165) is 25.2 Å². The van der Waals surface area contributed by atoms with E-state index in [-0.39, 0.29) is 12.2 Å². The molecule has 1 aromatic heterocycles. The second-order valence-electron chi connectivity index (χ2n) is 6.47. The summed E-state index contributed by atoms with van der Waals surface area (Å²) in [5, 5.41) is 5.94. The predicted molar refractivity (Wildman–Crippen MR) is 87.1 cm³/mol. The van der Waals surface area contributed by atoms with Gasteiger partial charge in [-0.2, -0.15) is 18.3 Å². The quantitative estimate of drug-likeness (QED) is 0.634. The Labute approximate surface area is 155 Å². The number of nitrogens with zero attached hydrogens (tertiary/aromatic N) is 3. The maximum absolute atomic E-state index is 13.8. The predicted octanol–water partition coefficient (Wildman–Crippen LogP) is 2.53. The van der Waals surface area contributed by atoms with Crippen LogP contribution in [0.1, 0.15) is 17.3 Å². The van der Waals surface area contributed by atoms with Crippen LogP contribution in [0.2, 0.25) is 0 Å². The highest BCUT2D eigenvalue weighted by molar-refractivity contribution is 6.08. The summed E-state index contributed by atoms with van der Waals surface area (Å²) in [7, 11) is 2.49. The third-order valence-electron chi connectivity index (χ3n) is 4.58. The molecule has 11 heteroatoms. The number of rotatable bonds is 3. The van der Waals surface area contributed by atoms with Crippen LogP contribution in [0.25, 0.3) is 0 Å². The first-order valence-corrected chi connectivity index (χ1v) is 8.11. The molecule has 2 amide bonds. The Morgan fingerprint density at radius 3 is 2.54 bits per heavy atom. The van der Waals surface area contributed by atoms with E-state index >= 15 is 0 Å². The van der Waals surface area contributed by atoms with Crippen molar-refractivity contribution in [2.75, 3.05) is 18.9 Å². The van der Waals surface area contributed by atoms with Gasteiger partial charge >= 0.3 is 6.18 Å². The lowest BCUT2D eigenvalue weighted by atomic mass is 9.91. The summed E-state index contributed by atoms with van der Waals surface area (Å²) >= 11 is 0. The van der Waals surface area contributed by atoms with E-state index in [1.807, 2.05) is 0 Å². The number of hydrogen-bond donors (Lipinski definition) is 1. The Hall–Kier alpha value is -2.98. The molecule has 2 atom stereocenters. The molecule has 1 saturated heterocycles. The highest BCUT2D eigenvalue weighted by atomic mass is 19.4. The summed E-state index contributed by atoms with van der Waals surface area (Å²) in [5.41, 5.74) is -1.59. The standard InChI is InChI=1S/C17H15F5N4O2/c1-25-7-8(11-6-12(17(20,21)22)26(2)24-11)13(16(25)28)15(27)23-10-5-3-4-9(18)14(10)19/h3-6,8,13H,7H2,1-2H3,(H,23,27)/t8-,13?/m1/s1. The number of carbonyl (C=O) groups is 2. The minimum Gasteiger partial charge on any atom is -0.344 e. The maximum atomic E-state index is 13.8. The van der Waals surface area contributed by atoms with E-state index in [1.54, 1.807) is 0 Å². The molecular weight excluding hydrogens is 387 g/mol. The number of aromatic nitrogens is 2. The Kier molecular flexibility index (Phi) is 4.86. The van der Waals surface area contributed by atoms with Crippen LogP contribution >= 0.6 is 0 Å². The van der Waals surface area contributed by atoms with Crippen molar-refractivity contribution >= 4 is 17.5 Å². The van der Waals surface area contributed by atoms with Crippen molar-refractivity contribution in [2.45, 2.75) is 12.1 Å². The largest absolute Gasteiger partial charge is 0.433 e. The van der Waals surface area contributed by atoms with Gasteiger partial charge in [-0.15, -0.1) is 0 Å². The lowest BCUT2D eigenvalue weighted by Crippen LogP contribution is -2.33. The summed E-state index contributed by atoms with van der Waals surface area (Å²) in [4.78, 5) is 26.2. The molecule has 3 rings (SSSR count). The third-order valence-corrected chi connectivity index (χ3v) is 4.58. The average molecular weight is 402 g/mol. The van der Waals surface area contributed by atoms with Crippen molar-refractivity contribution < 1.29 is 31.5 Å². The van der Waals surface area contributed by atoms with E-state index in [1.165, 1.54) is 18.0 Å². The lowest BCUT2D eigenvalue weighted by Gasteiger charge is -2.15. The molecule has 28 heavy (non-hydrogen) atoms. The lowest BCUT2D eigenvalue weighted by molar-refractivity contribution is -0.143. The fraction of sp³-hybridized carbons (Fsp3) is 0.353. The average Bonchev–Trinajstić information content (AvgIpc) is 3.12. The minimum atomic E-state index is -4.66. The molecule has 1 aliphatic heterocycles. The molecule has 0 spiro atoms. The van der Waals surface area contributed by atoms with Gasteiger partial charge in [0.1, 0.15) is 11.6 Å². The molecule has 6 nitrogen and oxygen atoms in total. The second kappa shape index (κ2) is 6.88. The first-order valence-electron chi connectivity index (χ1n) is 8.11. The molecule has 2 heterocycles. The van der Waals surface area contributed by atoms with Crippen LogP contribution in [-0.4, -0.2) is 40.1 Å². The first kappa shape index (κ1) is 19.8. The topological polar surface area (TPSA) is 67.2 Å². The summed E-state index contributed by atoms with van der Waals surface area (Å²) < 4.78 is 66.9. The van der Waals surface area contributed by atoms with Crippen molar-refractivity contribution in [3.8, 4) is 0 Å². The number of alkyl halides is 3. The molecule has 1 N–H and O–H groups in total. The first-order chi connectivity index (χ1) is 13.0. The Morgan fingerprint density at radius 2 is 1.93 bits per heavy atom. The fourth-order valence-corrected chi connectivity index (χ4v) is 3.21. The van der Waals surface area contributed by atoms with E-state index < -0.39 is 52.8 Å². The van der Waals surface area contributed by atoms with Crippen molar-refractivity contribution in [1.82, 2.24) is 14.7 Å². The monoisotopic (exact) mass is 402 g/mol. The Balaban J connectivity index is 1.93. The number of carbonyl (C=O) groups excluding carboxylic acids is 2. The van der Waals surface area contributed by atoms with Crippen LogP contribution in [-0.2, 0) is 22.8 Å². The fourth-order valence-electron chi connectivity index (χ4n) is 3.21. The summed E-state index contributed by atoms with van der Waals surface area (Å²) in [5.74, 6) is -6.51. The summed E-state index contributed by atoms with van der Waals surface area (Å²) in [6.45, 7) is -0.0448. The zero-order valence-electron chi connectivity index (χ0n) is 14.7. The zero-order chi connectivity index (χ0) is 20.8. The van der Waals surface area contributed by atoms with Crippen LogP contribution in [0.15, 0.2) is 24.3 Å². The van der Waals surface area contributed by atoms with Crippen LogP contribution in [0.4, 0.5) is 27.6 Å². The van der Waals surface area contributed by atoms with Crippen LogP contribution in [0.5, 0.6) is 0 Å². The molecule has 150 valence electrons. The van der Waals surface area contributed by atoms with Crippen LogP contribution in [0.3, 0.4) is 0 Å². The molecule has 1 unspecified atom stereocenters. The minimum absolute atomic E-state index is 0.0448. The van der Waals surface area contributed by atoms with Crippen molar-refractivity contribution in [3.63, 3.8) is 0 Å². The van der Waals surface area contributed by atoms with Crippen molar-refractivity contribution in [2.24, 2.45) is 13.0 Å². The molecule has 2 aromatic rings. The van der Waals surface area contributed by atoms with Gasteiger partial charge in [0.05, 0.1) is 11.4 Å². The van der Waals surface area contributed by atoms with Gasteiger partial charge in [-0.25, -0.2) is 8.78 Å². The smallest absolute Gasteiger partial charge is 0.344 e. The van der Waals surface area contributed by atoms with Gasteiger partial charge < -0.3 is 10.2 Å². The normalized spacial score (nSPS) is 20.0. The number of benzene rings is 1. The second-order valence-corrected chi connectivity index (χ2v) is 6.47. The maximum Gasteiger partial charge on any atom is 0.433 e. The van der Waals surface area contributed by atoms with Crippen molar-refractivity contribution in [3.05, 3.63) is 47.3 Å². The van der Waals surface area contributed by atoms with Gasteiger partial charge in [0, 0.05) is 26.6 Å². The molecule has 1 aromatic carbocycles. The van der Waals surface area contributed by atoms with Crippen LogP contribution in [0, 0.1) is 17.6 Å². The number of anilines is 1. The number of nitrogens with one attached hydrogen (secondary N) is 1. The molecule has 0 bridgehead atoms. The van der Waals surface area contributed by atoms with E-state index in [0.29, 0.717) is 4.68 Å². The van der Waals surface area contributed by atoms with E-state index in [2.05, 4.69) is 10.4 Å². The third kappa shape index (κ3) is 3.43. The van der Waals surface area contributed by atoms with Gasteiger partial charge in [0.15, 0.2) is 11.6 Å². The molecule has 0 radical (unpaired) electrons. The van der Waals surface area contributed by atoms with Gasteiger partial charge in [-0.3, -0.25) is 14.3 Å². The number of hydrogen-bond acceptors (Lipinski definition) is 3.